The third-order valence-electron chi connectivity index (χ3n) is 4.57. The first-order chi connectivity index (χ1) is 14.0. The predicted octanol–water partition coefficient (Wildman–Crippen LogP) is 4.71. The Labute approximate surface area is 175 Å². The highest BCUT2D eigenvalue weighted by Crippen LogP contribution is 2.29. The molecule has 29 heavy (non-hydrogen) atoms. The third kappa shape index (κ3) is 4.90. The van der Waals surface area contributed by atoms with Crippen LogP contribution < -0.4 is 4.74 Å². The van der Waals surface area contributed by atoms with Gasteiger partial charge in [-0.2, -0.15) is 0 Å². The van der Waals surface area contributed by atoms with Crippen molar-refractivity contribution in [3.05, 3.63) is 48.3 Å². The van der Waals surface area contributed by atoms with Crippen molar-refractivity contribution in [3.8, 4) is 5.75 Å². The van der Waals surface area contributed by atoms with E-state index in [1.165, 1.54) is 11.8 Å². The smallest absolute Gasteiger partial charge is 0.319 e. The lowest BCUT2D eigenvalue weighted by Crippen LogP contribution is -2.26. The van der Waals surface area contributed by atoms with Crippen LogP contribution in [0.3, 0.4) is 0 Å². The number of ether oxygens (including phenoxy) is 2. The van der Waals surface area contributed by atoms with Gasteiger partial charge in [0.15, 0.2) is 11.0 Å². The molecule has 1 aromatic heterocycles. The second kappa shape index (κ2) is 9.78. The summed E-state index contributed by atoms with van der Waals surface area (Å²) < 4.78 is 13.3. The summed E-state index contributed by atoms with van der Waals surface area (Å²) in [6, 6.07) is 14.1. The maximum Gasteiger partial charge on any atom is 0.319 e. The number of carbonyl (C=O) groups excluding carboxylic acids is 1. The Morgan fingerprint density at radius 3 is 2.59 bits per heavy atom. The van der Waals surface area contributed by atoms with Crippen molar-refractivity contribution in [2.75, 3.05) is 6.61 Å². The molecule has 0 aliphatic carbocycles. The summed E-state index contributed by atoms with van der Waals surface area (Å²) in [5.41, 5.74) is 0. The number of thioether (sulfide) groups is 1. The van der Waals surface area contributed by atoms with Crippen molar-refractivity contribution in [1.82, 2.24) is 14.8 Å². The molecule has 154 valence electrons. The summed E-state index contributed by atoms with van der Waals surface area (Å²) in [4.78, 5) is 12.3. The van der Waals surface area contributed by atoms with E-state index in [9.17, 15) is 4.79 Å². The molecule has 0 radical (unpaired) electrons. The van der Waals surface area contributed by atoms with Gasteiger partial charge >= 0.3 is 5.97 Å². The van der Waals surface area contributed by atoms with Crippen LogP contribution in [0.25, 0.3) is 10.8 Å². The molecule has 0 saturated carbocycles. The van der Waals surface area contributed by atoms with Crippen molar-refractivity contribution in [2.45, 2.75) is 51.3 Å². The van der Waals surface area contributed by atoms with Gasteiger partial charge in [0.2, 0.25) is 0 Å². The lowest BCUT2D eigenvalue weighted by Gasteiger charge is -2.18. The zero-order valence-electron chi connectivity index (χ0n) is 17.3. The first-order valence-electron chi connectivity index (χ1n) is 9.91. The van der Waals surface area contributed by atoms with E-state index in [2.05, 4.69) is 22.3 Å². The molecular weight excluding hydrogens is 386 g/mol. The van der Waals surface area contributed by atoms with Gasteiger partial charge in [0.25, 0.3) is 0 Å². The minimum absolute atomic E-state index is 0.122. The highest BCUT2D eigenvalue weighted by atomic mass is 32.2. The van der Waals surface area contributed by atoms with Gasteiger partial charge in [-0.25, -0.2) is 0 Å². The Hall–Kier alpha value is -2.54. The average Bonchev–Trinajstić information content (AvgIpc) is 3.11. The standard InChI is InChI=1S/C22H27N3O3S/c1-5-25-19(14-28-18-13-9-11-16-10-7-8-12-17(16)18)23-24-22(25)29-20(15(3)4)21(26)27-6-2/h7-13,15,20H,5-6,14H2,1-4H3. The van der Waals surface area contributed by atoms with Gasteiger partial charge in [0, 0.05) is 11.9 Å². The molecule has 1 unspecified atom stereocenters. The van der Waals surface area contributed by atoms with Crippen LogP contribution in [-0.4, -0.2) is 32.6 Å². The molecule has 0 aliphatic rings. The number of hydrogen-bond acceptors (Lipinski definition) is 6. The lowest BCUT2D eigenvalue weighted by atomic mass is 10.1. The quantitative estimate of drug-likeness (QED) is 0.374. The van der Waals surface area contributed by atoms with Crippen LogP contribution >= 0.6 is 11.8 Å². The maximum atomic E-state index is 12.3. The lowest BCUT2D eigenvalue weighted by molar-refractivity contribution is -0.143. The fourth-order valence-corrected chi connectivity index (χ4v) is 4.20. The topological polar surface area (TPSA) is 66.2 Å². The molecule has 0 bridgehead atoms. The van der Waals surface area contributed by atoms with Gasteiger partial charge in [0.1, 0.15) is 17.6 Å². The molecule has 0 spiro atoms. The SMILES string of the molecule is CCOC(=O)C(Sc1nnc(COc2cccc3ccccc23)n1CC)C(C)C. The number of hydrogen-bond donors (Lipinski definition) is 0. The van der Waals surface area contributed by atoms with E-state index < -0.39 is 0 Å². The summed E-state index contributed by atoms with van der Waals surface area (Å²) in [7, 11) is 0. The van der Waals surface area contributed by atoms with Gasteiger partial charge < -0.3 is 14.0 Å². The first-order valence-corrected chi connectivity index (χ1v) is 10.8. The molecular formula is C22H27N3O3S. The van der Waals surface area contributed by atoms with E-state index in [0.29, 0.717) is 24.9 Å². The molecule has 0 aliphatic heterocycles. The van der Waals surface area contributed by atoms with Crippen LogP contribution in [0.2, 0.25) is 0 Å². The molecule has 0 saturated heterocycles. The molecule has 1 heterocycles. The average molecular weight is 414 g/mol. The van der Waals surface area contributed by atoms with E-state index in [1.54, 1.807) is 0 Å². The van der Waals surface area contributed by atoms with Gasteiger partial charge in [-0.05, 0) is 31.2 Å². The maximum absolute atomic E-state index is 12.3. The summed E-state index contributed by atoms with van der Waals surface area (Å²) in [5.74, 6) is 1.45. The highest BCUT2D eigenvalue weighted by molar-refractivity contribution is 8.00. The number of fused-ring (bicyclic) bond motifs is 1. The largest absolute Gasteiger partial charge is 0.485 e. The Balaban J connectivity index is 1.78. The van der Waals surface area contributed by atoms with Crippen molar-refractivity contribution in [3.63, 3.8) is 0 Å². The second-order valence-electron chi connectivity index (χ2n) is 6.94. The molecule has 0 fully saturated rings. The van der Waals surface area contributed by atoms with E-state index >= 15 is 0 Å². The van der Waals surface area contributed by atoms with E-state index in [-0.39, 0.29) is 17.1 Å². The van der Waals surface area contributed by atoms with Gasteiger partial charge in [-0.3, -0.25) is 4.79 Å². The summed E-state index contributed by atoms with van der Waals surface area (Å²) in [6.07, 6.45) is 0. The fraction of sp³-hybridized carbons (Fsp3) is 0.409. The Morgan fingerprint density at radius 2 is 1.86 bits per heavy atom. The summed E-state index contributed by atoms with van der Waals surface area (Å²) >= 11 is 1.40. The zero-order valence-corrected chi connectivity index (χ0v) is 18.1. The van der Waals surface area contributed by atoms with E-state index in [0.717, 1.165) is 22.3 Å². The van der Waals surface area contributed by atoms with Crippen molar-refractivity contribution in [2.24, 2.45) is 5.92 Å². The van der Waals surface area contributed by atoms with Crippen LogP contribution in [0, 0.1) is 5.92 Å². The monoisotopic (exact) mass is 413 g/mol. The Bertz CT molecular complexity index is 966. The molecule has 0 amide bonds. The number of aromatic nitrogens is 3. The summed E-state index contributed by atoms with van der Waals surface area (Å²) in [5, 5.41) is 11.2. The summed E-state index contributed by atoms with van der Waals surface area (Å²) in [6.45, 7) is 9.23. The minimum Gasteiger partial charge on any atom is -0.485 e. The van der Waals surface area contributed by atoms with Crippen LogP contribution in [0.5, 0.6) is 5.75 Å². The van der Waals surface area contributed by atoms with Crippen molar-refractivity contribution < 1.29 is 14.3 Å². The van der Waals surface area contributed by atoms with Crippen molar-refractivity contribution >= 4 is 28.5 Å². The van der Waals surface area contributed by atoms with Gasteiger partial charge in [-0.15, -0.1) is 10.2 Å². The minimum atomic E-state index is -0.323. The molecule has 1 atom stereocenters. The molecule has 3 aromatic rings. The van der Waals surface area contributed by atoms with Crippen LogP contribution in [0.1, 0.15) is 33.5 Å². The number of carbonyl (C=O) groups is 1. The Kier molecular flexibility index (Phi) is 7.14. The normalized spacial score (nSPS) is 12.3. The molecule has 7 heteroatoms. The first kappa shape index (κ1) is 21.2. The van der Waals surface area contributed by atoms with Crippen LogP contribution in [0.15, 0.2) is 47.6 Å². The molecule has 6 nitrogen and oxygen atoms in total. The molecule has 2 aromatic carbocycles. The third-order valence-corrected chi connectivity index (χ3v) is 6.08. The number of benzene rings is 2. The predicted molar refractivity (Wildman–Crippen MR) is 115 cm³/mol. The second-order valence-corrected chi connectivity index (χ2v) is 8.05. The van der Waals surface area contributed by atoms with E-state index in [1.807, 2.05) is 62.6 Å². The Morgan fingerprint density at radius 1 is 1.10 bits per heavy atom. The zero-order chi connectivity index (χ0) is 20.8. The van der Waals surface area contributed by atoms with E-state index in [4.69, 9.17) is 9.47 Å². The molecule has 0 N–H and O–H groups in total. The highest BCUT2D eigenvalue weighted by Gasteiger charge is 2.27. The number of nitrogens with zero attached hydrogens (tertiary/aromatic N) is 3. The van der Waals surface area contributed by atoms with Crippen molar-refractivity contribution in [1.29, 1.82) is 0 Å². The fourth-order valence-electron chi connectivity index (χ4n) is 3.09. The van der Waals surface area contributed by atoms with Gasteiger partial charge in [-0.1, -0.05) is 62.0 Å². The van der Waals surface area contributed by atoms with Crippen LogP contribution in [0.4, 0.5) is 0 Å². The van der Waals surface area contributed by atoms with Gasteiger partial charge in [0.05, 0.1) is 6.61 Å². The molecule has 3 rings (SSSR count). The van der Waals surface area contributed by atoms with Crippen LogP contribution in [-0.2, 0) is 22.7 Å². The number of rotatable bonds is 9. The number of esters is 1.